The second-order valence-corrected chi connectivity index (χ2v) is 8.22. The summed E-state index contributed by atoms with van der Waals surface area (Å²) in [6.07, 6.45) is 4.80. The predicted molar refractivity (Wildman–Crippen MR) is 121 cm³/mol. The van der Waals surface area contributed by atoms with Crippen LogP contribution in [-0.2, 0) is 4.74 Å². The molecule has 166 valence electrons. The zero-order valence-electron chi connectivity index (χ0n) is 19.5. The van der Waals surface area contributed by atoms with E-state index in [1.54, 1.807) is 0 Å². The van der Waals surface area contributed by atoms with E-state index in [2.05, 4.69) is 62.1 Å². The van der Waals surface area contributed by atoms with Crippen molar-refractivity contribution in [1.82, 2.24) is 20.4 Å². The fourth-order valence-corrected chi connectivity index (χ4v) is 3.78. The number of aliphatic imine (C=N–C) groups is 1. The van der Waals surface area contributed by atoms with Crippen LogP contribution in [-0.4, -0.2) is 87.4 Å². The van der Waals surface area contributed by atoms with Crippen molar-refractivity contribution in [2.75, 3.05) is 59.5 Å². The first-order valence-electron chi connectivity index (χ1n) is 11.6. The van der Waals surface area contributed by atoms with Crippen molar-refractivity contribution in [2.45, 2.75) is 72.4 Å². The molecule has 0 aliphatic carbocycles. The number of guanidine groups is 1. The fraction of sp³-hybridized carbons (Fsp3) is 0.955. The number of nitrogens with one attached hydrogen (secondary N) is 2. The minimum absolute atomic E-state index is 0.508. The van der Waals surface area contributed by atoms with Crippen LogP contribution >= 0.6 is 0 Å². The molecular formula is C22H47N5O. The molecule has 1 aliphatic heterocycles. The number of rotatable bonds is 13. The standard InChI is InChI=1S/C22H47N5O/c1-7-20(8-2)21(27-14-16-28-17-15-27)18-25-22(23-9-3)24-12-10-11-13-26(6)19(4)5/h19-21H,7-18H2,1-6H3,(H2,23,24,25). The maximum Gasteiger partial charge on any atom is 0.191 e. The summed E-state index contributed by atoms with van der Waals surface area (Å²) in [5, 5.41) is 6.95. The molecule has 1 atom stereocenters. The highest BCUT2D eigenvalue weighted by Gasteiger charge is 2.26. The molecule has 1 fully saturated rings. The van der Waals surface area contributed by atoms with Gasteiger partial charge in [0.1, 0.15) is 0 Å². The summed E-state index contributed by atoms with van der Waals surface area (Å²) >= 11 is 0. The maximum absolute atomic E-state index is 5.56. The van der Waals surface area contributed by atoms with E-state index in [1.807, 2.05) is 0 Å². The fourth-order valence-electron chi connectivity index (χ4n) is 3.78. The molecule has 6 heteroatoms. The minimum Gasteiger partial charge on any atom is -0.379 e. The summed E-state index contributed by atoms with van der Waals surface area (Å²) in [4.78, 5) is 9.97. The molecule has 6 nitrogen and oxygen atoms in total. The van der Waals surface area contributed by atoms with Gasteiger partial charge in [0.25, 0.3) is 0 Å². The molecule has 0 radical (unpaired) electrons. The lowest BCUT2D eigenvalue weighted by molar-refractivity contribution is 0.00395. The average Bonchev–Trinajstić information content (AvgIpc) is 2.71. The molecule has 1 rings (SSSR count). The van der Waals surface area contributed by atoms with Crippen LogP contribution in [0.3, 0.4) is 0 Å². The van der Waals surface area contributed by atoms with Crippen molar-refractivity contribution in [3.63, 3.8) is 0 Å². The van der Waals surface area contributed by atoms with Gasteiger partial charge in [0, 0.05) is 38.3 Å². The lowest BCUT2D eigenvalue weighted by Gasteiger charge is -2.38. The van der Waals surface area contributed by atoms with Crippen LogP contribution in [0.4, 0.5) is 0 Å². The summed E-state index contributed by atoms with van der Waals surface area (Å²) in [6, 6.07) is 1.13. The average molecular weight is 398 g/mol. The van der Waals surface area contributed by atoms with Crippen LogP contribution in [0.1, 0.15) is 60.3 Å². The van der Waals surface area contributed by atoms with Gasteiger partial charge in [-0.15, -0.1) is 0 Å². The number of morpholine rings is 1. The Morgan fingerprint density at radius 1 is 1.07 bits per heavy atom. The highest BCUT2D eigenvalue weighted by atomic mass is 16.5. The van der Waals surface area contributed by atoms with Gasteiger partial charge in [0.2, 0.25) is 0 Å². The Labute approximate surface area is 174 Å². The Balaban J connectivity index is 2.55. The van der Waals surface area contributed by atoms with Gasteiger partial charge >= 0.3 is 0 Å². The molecule has 0 saturated carbocycles. The monoisotopic (exact) mass is 397 g/mol. The molecule has 0 aromatic carbocycles. The lowest BCUT2D eigenvalue weighted by atomic mass is 9.92. The molecule has 2 N–H and O–H groups in total. The molecule has 0 spiro atoms. The third-order valence-corrected chi connectivity index (χ3v) is 6.00. The second kappa shape index (κ2) is 15.1. The van der Waals surface area contributed by atoms with Crippen molar-refractivity contribution in [1.29, 1.82) is 0 Å². The first-order valence-corrected chi connectivity index (χ1v) is 11.6. The molecule has 0 aromatic heterocycles. The van der Waals surface area contributed by atoms with Crippen LogP contribution in [0.25, 0.3) is 0 Å². The second-order valence-electron chi connectivity index (χ2n) is 8.22. The quantitative estimate of drug-likeness (QED) is 0.284. The lowest BCUT2D eigenvalue weighted by Crippen LogP contribution is -2.49. The smallest absolute Gasteiger partial charge is 0.191 e. The number of hydrogen-bond acceptors (Lipinski definition) is 4. The molecule has 0 aromatic rings. The molecule has 0 amide bonds. The molecule has 1 saturated heterocycles. The van der Waals surface area contributed by atoms with E-state index in [4.69, 9.17) is 9.73 Å². The summed E-state index contributed by atoms with van der Waals surface area (Å²) in [6.45, 7) is 18.9. The zero-order chi connectivity index (χ0) is 20.8. The number of ether oxygens (including phenoxy) is 1. The zero-order valence-corrected chi connectivity index (χ0v) is 19.5. The topological polar surface area (TPSA) is 52.1 Å². The summed E-state index contributed by atoms with van der Waals surface area (Å²) in [7, 11) is 2.20. The summed E-state index contributed by atoms with van der Waals surface area (Å²) in [5.41, 5.74) is 0. The molecular weight excluding hydrogens is 350 g/mol. The van der Waals surface area contributed by atoms with Gasteiger partial charge in [-0.2, -0.15) is 0 Å². The molecule has 1 unspecified atom stereocenters. The van der Waals surface area contributed by atoms with Crippen molar-refractivity contribution < 1.29 is 4.74 Å². The third kappa shape index (κ3) is 9.57. The Morgan fingerprint density at radius 3 is 2.32 bits per heavy atom. The largest absolute Gasteiger partial charge is 0.379 e. The predicted octanol–water partition coefficient (Wildman–Crippen LogP) is 2.80. The van der Waals surface area contributed by atoms with Gasteiger partial charge in [-0.25, -0.2) is 0 Å². The highest BCUT2D eigenvalue weighted by Crippen LogP contribution is 2.20. The molecule has 0 bridgehead atoms. The van der Waals surface area contributed by atoms with E-state index >= 15 is 0 Å². The van der Waals surface area contributed by atoms with E-state index in [9.17, 15) is 0 Å². The molecule has 1 aliphatic rings. The van der Waals surface area contributed by atoms with Gasteiger partial charge in [0.15, 0.2) is 5.96 Å². The van der Waals surface area contributed by atoms with Crippen LogP contribution in [0.5, 0.6) is 0 Å². The van der Waals surface area contributed by atoms with Crippen LogP contribution in [0.2, 0.25) is 0 Å². The van der Waals surface area contributed by atoms with Gasteiger partial charge in [0.05, 0.1) is 19.8 Å². The highest BCUT2D eigenvalue weighted by molar-refractivity contribution is 5.79. The Morgan fingerprint density at radius 2 is 1.75 bits per heavy atom. The van der Waals surface area contributed by atoms with Gasteiger partial charge in [-0.3, -0.25) is 9.89 Å². The van der Waals surface area contributed by atoms with E-state index in [-0.39, 0.29) is 0 Å². The summed E-state index contributed by atoms with van der Waals surface area (Å²) in [5.74, 6) is 1.65. The number of hydrogen-bond donors (Lipinski definition) is 2. The van der Waals surface area contributed by atoms with Crippen LogP contribution in [0, 0.1) is 5.92 Å². The normalized spacial score (nSPS) is 17.5. The van der Waals surface area contributed by atoms with E-state index in [0.29, 0.717) is 18.0 Å². The maximum atomic E-state index is 5.56. The van der Waals surface area contributed by atoms with Crippen molar-refractivity contribution in [3.8, 4) is 0 Å². The number of unbranched alkanes of at least 4 members (excludes halogenated alkanes) is 1. The first kappa shape index (κ1) is 25.2. The Hall–Kier alpha value is -0.850. The Kier molecular flexibility index (Phi) is 13.5. The van der Waals surface area contributed by atoms with Crippen molar-refractivity contribution in [2.24, 2.45) is 10.9 Å². The summed E-state index contributed by atoms with van der Waals surface area (Å²) < 4.78 is 5.56. The van der Waals surface area contributed by atoms with Crippen molar-refractivity contribution >= 4 is 5.96 Å². The SMILES string of the molecule is CCNC(=NCC(C(CC)CC)N1CCOCC1)NCCCCN(C)C(C)C. The van der Waals surface area contributed by atoms with Crippen LogP contribution in [0.15, 0.2) is 4.99 Å². The molecule has 1 heterocycles. The minimum atomic E-state index is 0.508. The first-order chi connectivity index (χ1) is 13.5. The van der Waals surface area contributed by atoms with E-state index in [1.165, 1.54) is 25.7 Å². The van der Waals surface area contributed by atoms with Gasteiger partial charge < -0.3 is 20.3 Å². The van der Waals surface area contributed by atoms with Crippen LogP contribution < -0.4 is 10.6 Å². The van der Waals surface area contributed by atoms with Crippen molar-refractivity contribution in [3.05, 3.63) is 0 Å². The van der Waals surface area contributed by atoms with Gasteiger partial charge in [-0.05, 0) is 53.1 Å². The molecule has 28 heavy (non-hydrogen) atoms. The van der Waals surface area contributed by atoms with E-state index in [0.717, 1.165) is 58.4 Å². The number of nitrogens with zero attached hydrogens (tertiary/aromatic N) is 3. The van der Waals surface area contributed by atoms with E-state index < -0.39 is 0 Å². The Bertz CT molecular complexity index is 406. The third-order valence-electron chi connectivity index (χ3n) is 6.00. The van der Waals surface area contributed by atoms with Gasteiger partial charge in [-0.1, -0.05) is 26.7 Å².